The third-order valence-corrected chi connectivity index (χ3v) is 9.02. The molecule has 43 heavy (non-hydrogen) atoms. The summed E-state index contributed by atoms with van der Waals surface area (Å²) in [6.45, 7) is 13.2. The maximum atomic E-state index is 3.40. The average Bonchev–Trinajstić information content (AvgIpc) is 3.60. The van der Waals surface area contributed by atoms with Gasteiger partial charge in [-0.05, 0) is 6.42 Å². The molecule has 4 aromatic carbocycles. The number of hydrogen-bond acceptors (Lipinski definition) is 0. The first-order chi connectivity index (χ1) is 19.7. The van der Waals surface area contributed by atoms with Crippen molar-refractivity contribution >= 4 is 3.21 Å². The van der Waals surface area contributed by atoms with Crippen LogP contribution in [0.1, 0.15) is 73.9 Å². The molecule has 0 aliphatic heterocycles. The second kappa shape index (κ2) is 17.3. The van der Waals surface area contributed by atoms with Gasteiger partial charge in [-0.1, -0.05) is 87.3 Å². The Hall–Kier alpha value is -2.31. The van der Waals surface area contributed by atoms with Crippen molar-refractivity contribution in [3.8, 4) is 11.1 Å². The van der Waals surface area contributed by atoms with Crippen LogP contribution in [0, 0.1) is 37.3 Å². The number of rotatable bonds is 4. The Morgan fingerprint density at radius 2 is 1.35 bits per heavy atom. The normalized spacial score (nSPS) is 14.0. The Morgan fingerprint density at radius 3 is 1.88 bits per heavy atom. The van der Waals surface area contributed by atoms with Crippen molar-refractivity contribution in [3.05, 3.63) is 154 Å². The van der Waals surface area contributed by atoms with Crippen LogP contribution in [0.2, 0.25) is 0 Å². The smallest absolute Gasteiger partial charge is 0.0253 e. The quantitative estimate of drug-likeness (QED) is 0.249. The van der Waals surface area contributed by atoms with Crippen LogP contribution >= 0.6 is 0 Å². The molecule has 0 fully saturated rings. The van der Waals surface area contributed by atoms with Crippen LogP contribution in [-0.2, 0) is 30.7 Å². The number of fused-ring (bicyclic) bond motifs is 3. The molecule has 2 aliphatic rings. The molecule has 0 amide bonds. The van der Waals surface area contributed by atoms with E-state index in [-0.39, 0.29) is 24.8 Å². The average molecular weight is 685 g/mol. The van der Waals surface area contributed by atoms with Gasteiger partial charge in [0.05, 0.1) is 0 Å². The Bertz CT molecular complexity index is 1430. The van der Waals surface area contributed by atoms with E-state index in [0.717, 1.165) is 6.42 Å². The van der Waals surface area contributed by atoms with E-state index in [1.807, 2.05) is 6.07 Å². The van der Waals surface area contributed by atoms with Gasteiger partial charge in [0.1, 0.15) is 0 Å². The molecule has 0 nitrogen and oxygen atoms in total. The Balaban J connectivity index is 0.000000222. The fourth-order valence-electron chi connectivity index (χ4n) is 5.06. The van der Waals surface area contributed by atoms with E-state index in [9.17, 15) is 0 Å². The fourth-order valence-corrected chi connectivity index (χ4v) is 5.88. The summed E-state index contributed by atoms with van der Waals surface area (Å²) in [5.41, 5.74) is 12.6. The van der Waals surface area contributed by atoms with Crippen LogP contribution in [-0.4, -0.2) is 3.21 Å². The Kier molecular flexibility index (Phi) is 14.8. The number of halogens is 2. The van der Waals surface area contributed by atoms with E-state index >= 15 is 0 Å². The van der Waals surface area contributed by atoms with E-state index < -0.39 is 0 Å². The van der Waals surface area contributed by atoms with Crippen molar-refractivity contribution in [2.45, 2.75) is 60.8 Å². The predicted molar refractivity (Wildman–Crippen MR) is 173 cm³/mol. The molecule has 0 saturated carbocycles. The largest absolute Gasteiger partial charge is 1.00 e. The molecule has 4 aromatic rings. The molecule has 1 unspecified atom stereocenters. The molecular formula is C40H42Cl2Zr-2. The molecule has 0 saturated heterocycles. The van der Waals surface area contributed by atoms with Gasteiger partial charge in [-0.3, -0.25) is 6.08 Å². The number of benzene rings is 4. The number of hydrogen-bond donors (Lipinski definition) is 0. The van der Waals surface area contributed by atoms with E-state index in [2.05, 4.69) is 151 Å². The molecule has 222 valence electrons. The van der Waals surface area contributed by atoms with Gasteiger partial charge in [0.25, 0.3) is 0 Å². The van der Waals surface area contributed by atoms with E-state index in [1.165, 1.54) is 90.4 Å². The molecule has 0 radical (unpaired) electrons. The Labute approximate surface area is 287 Å². The van der Waals surface area contributed by atoms with Crippen molar-refractivity contribution in [1.82, 2.24) is 0 Å². The molecule has 6 rings (SSSR count). The van der Waals surface area contributed by atoms with Crippen LogP contribution in [0.5, 0.6) is 0 Å². The maximum absolute atomic E-state index is 3.40. The summed E-state index contributed by atoms with van der Waals surface area (Å²) in [5, 5.41) is 0. The summed E-state index contributed by atoms with van der Waals surface area (Å²) >= 11 is 1.46. The van der Waals surface area contributed by atoms with Crippen LogP contribution in [0.25, 0.3) is 11.1 Å². The van der Waals surface area contributed by atoms with Gasteiger partial charge in [0.15, 0.2) is 0 Å². The Morgan fingerprint density at radius 1 is 0.791 bits per heavy atom. The van der Waals surface area contributed by atoms with Gasteiger partial charge >= 0.3 is 112 Å². The van der Waals surface area contributed by atoms with Crippen molar-refractivity contribution in [3.63, 3.8) is 0 Å². The van der Waals surface area contributed by atoms with E-state index in [1.54, 1.807) is 0 Å². The van der Waals surface area contributed by atoms with Gasteiger partial charge in [-0.25, -0.2) is 6.08 Å². The molecule has 0 aromatic heterocycles. The molecule has 3 heteroatoms. The minimum absolute atomic E-state index is 0. The zero-order valence-corrected chi connectivity index (χ0v) is 30.2. The van der Waals surface area contributed by atoms with Gasteiger partial charge in [-0.2, -0.15) is 41.5 Å². The van der Waals surface area contributed by atoms with Crippen molar-refractivity contribution < 1.29 is 49.0 Å². The minimum Gasteiger partial charge on any atom is -1.00 e. The summed E-state index contributed by atoms with van der Waals surface area (Å²) in [6.07, 6.45) is 11.5. The first-order valence-corrected chi connectivity index (χ1v) is 16.0. The van der Waals surface area contributed by atoms with E-state index in [4.69, 9.17) is 0 Å². The first-order valence-electron chi connectivity index (χ1n) is 14.8. The first kappa shape index (κ1) is 36.9. The molecular weight excluding hydrogens is 643 g/mol. The number of allylic oxidation sites excluding steroid dienone is 4. The van der Waals surface area contributed by atoms with Crippen LogP contribution in [0.15, 0.2) is 109 Å². The SMILES string of the molecule is CCCC1[C-]=CC(C(C)(C)C)=C1.Cc1ccc([C](=[Zr+2])c2ccc(C)cc2)cc1.[Cl-].[Cl-].[c-]1cccc2c1Cc1ccccc1-2. The molecule has 0 N–H and O–H groups in total. The van der Waals surface area contributed by atoms with Crippen molar-refractivity contribution in [2.24, 2.45) is 11.3 Å². The predicted octanol–water partition coefficient (Wildman–Crippen LogP) is 4.23. The minimum atomic E-state index is 0. The van der Waals surface area contributed by atoms with Crippen molar-refractivity contribution in [2.75, 3.05) is 0 Å². The summed E-state index contributed by atoms with van der Waals surface area (Å²) in [4.78, 5) is 0. The summed E-state index contributed by atoms with van der Waals surface area (Å²) in [6, 6.07) is 35.6. The van der Waals surface area contributed by atoms with Gasteiger partial charge in [0, 0.05) is 0 Å². The third-order valence-electron chi connectivity index (χ3n) is 7.60. The topological polar surface area (TPSA) is 0 Å². The molecule has 0 bridgehead atoms. The second-order valence-corrected chi connectivity index (χ2v) is 13.3. The summed E-state index contributed by atoms with van der Waals surface area (Å²) < 4.78 is 1.42. The van der Waals surface area contributed by atoms with Gasteiger partial charge < -0.3 is 24.8 Å². The van der Waals surface area contributed by atoms with Crippen LogP contribution in [0.4, 0.5) is 0 Å². The van der Waals surface area contributed by atoms with Crippen LogP contribution < -0.4 is 24.8 Å². The van der Waals surface area contributed by atoms with Gasteiger partial charge in [0.2, 0.25) is 0 Å². The number of aryl methyl sites for hydroxylation is 2. The third kappa shape index (κ3) is 10.4. The molecule has 0 heterocycles. The summed E-state index contributed by atoms with van der Waals surface area (Å²) in [7, 11) is 0. The molecule has 1 atom stereocenters. The van der Waals surface area contributed by atoms with Crippen LogP contribution in [0.3, 0.4) is 0 Å². The molecule has 2 aliphatic carbocycles. The molecule has 0 spiro atoms. The zero-order chi connectivity index (χ0) is 29.4. The van der Waals surface area contributed by atoms with E-state index in [0.29, 0.717) is 11.3 Å². The second-order valence-electron chi connectivity index (χ2n) is 12.1. The van der Waals surface area contributed by atoms with Crippen molar-refractivity contribution in [1.29, 1.82) is 0 Å². The fraction of sp³-hybridized carbons (Fsp3) is 0.275. The van der Waals surface area contributed by atoms with Gasteiger partial charge in [-0.15, -0.1) is 5.56 Å². The monoisotopic (exact) mass is 682 g/mol. The maximum Gasteiger partial charge on any atom is -0.0253 e. The summed E-state index contributed by atoms with van der Waals surface area (Å²) in [5.74, 6) is 0.587. The zero-order valence-electron chi connectivity index (χ0n) is 26.3. The standard InChI is InChI=1S/C15H14.C13H9.C12H19.2ClH.Zr/c1-12-3-7-14(8-4-12)11-15-9-5-13(2)6-10-15;1-3-7-12-10(5-1)9-11-6-2-4-8-13(11)12;1-5-6-10-7-8-11(9-10)12(2,3)4;;;/h3-10H,1-2H3;1-5,7-8H,9H2;8-10H,5-6H2,1-4H3;2*1H;/q;2*-1;;;+2/p-2.